The van der Waals surface area contributed by atoms with Crippen molar-refractivity contribution in [3.8, 4) is 0 Å². The van der Waals surface area contributed by atoms with Crippen LogP contribution >= 0.6 is 0 Å². The summed E-state index contributed by atoms with van der Waals surface area (Å²) in [6.45, 7) is 0. The largest absolute Gasteiger partial charge is 0.303 e. The molecule has 2 aromatic rings. The summed E-state index contributed by atoms with van der Waals surface area (Å²) in [6.07, 6.45) is 7.26. The van der Waals surface area contributed by atoms with Crippen molar-refractivity contribution in [2.75, 3.05) is 0 Å². The van der Waals surface area contributed by atoms with Gasteiger partial charge >= 0.3 is 0 Å². The van der Waals surface area contributed by atoms with Crippen LogP contribution in [0.4, 0.5) is 0 Å². The van der Waals surface area contributed by atoms with Gasteiger partial charge in [0.1, 0.15) is 12.6 Å². The quantitative estimate of drug-likeness (QED) is 0.537. The van der Waals surface area contributed by atoms with E-state index in [1.807, 2.05) is 72.8 Å². The summed E-state index contributed by atoms with van der Waals surface area (Å²) in [5.74, 6) is -0.243. The molecule has 0 saturated carbocycles. The Morgan fingerprint density at radius 3 is 1.32 bits per heavy atom. The molecular weight excluding hydrogens is 272 g/mol. The maximum atomic E-state index is 11.2. The molecule has 0 fully saturated rings. The molecule has 0 N–H and O–H groups in total. The van der Waals surface area contributed by atoms with Crippen molar-refractivity contribution in [1.29, 1.82) is 0 Å². The fourth-order valence-electron chi connectivity index (χ4n) is 2.43. The van der Waals surface area contributed by atoms with Crippen molar-refractivity contribution < 1.29 is 9.59 Å². The summed E-state index contributed by atoms with van der Waals surface area (Å²) in [5.41, 5.74) is 2.05. The molecule has 2 aromatic carbocycles. The minimum atomic E-state index is -0.121. The molecule has 0 radical (unpaired) electrons. The second-order valence-corrected chi connectivity index (χ2v) is 5.25. The number of benzene rings is 2. The van der Waals surface area contributed by atoms with Crippen LogP contribution in [-0.2, 0) is 9.59 Å². The molecule has 0 aliphatic rings. The zero-order chi connectivity index (χ0) is 15.6. The lowest BCUT2D eigenvalue weighted by atomic mass is 9.95. The third kappa shape index (κ3) is 4.52. The van der Waals surface area contributed by atoms with Crippen molar-refractivity contribution in [3.05, 3.63) is 83.9 Å². The molecule has 0 bridgehead atoms. The Hall–Kier alpha value is -2.48. The normalized spacial score (nSPS) is 13.6. The van der Waals surface area contributed by atoms with E-state index < -0.39 is 0 Å². The lowest BCUT2D eigenvalue weighted by molar-refractivity contribution is -0.109. The average molecular weight is 292 g/mol. The van der Waals surface area contributed by atoms with Gasteiger partial charge in [-0.05, 0) is 24.0 Å². The van der Waals surface area contributed by atoms with Crippen molar-refractivity contribution in [3.63, 3.8) is 0 Å². The number of carbonyl (C=O) groups excluding carboxylic acids is 2. The number of rotatable bonds is 8. The minimum absolute atomic E-state index is 0.121. The molecule has 2 unspecified atom stereocenters. The molecule has 2 heteroatoms. The predicted octanol–water partition coefficient (Wildman–Crippen LogP) is 4.29. The van der Waals surface area contributed by atoms with Crippen LogP contribution in [0.1, 0.15) is 35.8 Å². The van der Waals surface area contributed by atoms with Gasteiger partial charge in [0.15, 0.2) is 0 Å². The molecule has 0 amide bonds. The number of hydrogen-bond donors (Lipinski definition) is 0. The van der Waals surface area contributed by atoms with Crippen LogP contribution in [-0.4, -0.2) is 12.6 Å². The van der Waals surface area contributed by atoms with E-state index in [0.717, 1.165) is 23.7 Å². The Kier molecular flexibility index (Phi) is 6.31. The Balaban J connectivity index is 1.91. The molecule has 0 aliphatic heterocycles. The topological polar surface area (TPSA) is 34.1 Å². The third-order valence-electron chi connectivity index (χ3n) is 3.73. The van der Waals surface area contributed by atoms with Gasteiger partial charge in [-0.25, -0.2) is 0 Å². The monoisotopic (exact) mass is 292 g/mol. The van der Waals surface area contributed by atoms with Crippen molar-refractivity contribution in [2.24, 2.45) is 0 Å². The number of carbonyl (C=O) groups is 2. The lowest BCUT2D eigenvalue weighted by Crippen LogP contribution is -2.00. The molecule has 0 aliphatic carbocycles. The van der Waals surface area contributed by atoms with Gasteiger partial charge in [-0.15, -0.1) is 0 Å². The van der Waals surface area contributed by atoms with E-state index in [-0.39, 0.29) is 11.8 Å². The van der Waals surface area contributed by atoms with Gasteiger partial charge in [-0.2, -0.15) is 0 Å². The maximum Gasteiger partial charge on any atom is 0.127 e. The molecule has 112 valence electrons. The van der Waals surface area contributed by atoms with E-state index in [9.17, 15) is 9.59 Å². The van der Waals surface area contributed by atoms with Crippen molar-refractivity contribution in [1.82, 2.24) is 0 Å². The second kappa shape index (κ2) is 8.73. The van der Waals surface area contributed by atoms with Crippen LogP contribution in [0.25, 0.3) is 0 Å². The summed E-state index contributed by atoms with van der Waals surface area (Å²) in [7, 11) is 0. The summed E-state index contributed by atoms with van der Waals surface area (Å²) in [6, 6.07) is 19.5. The molecule has 0 saturated heterocycles. The number of allylic oxidation sites excluding steroid dienone is 2. The average Bonchev–Trinajstić information content (AvgIpc) is 2.60. The highest BCUT2D eigenvalue weighted by Gasteiger charge is 2.09. The van der Waals surface area contributed by atoms with Crippen LogP contribution < -0.4 is 0 Å². The van der Waals surface area contributed by atoms with Gasteiger partial charge in [-0.3, -0.25) is 0 Å². The highest BCUT2D eigenvalue weighted by atomic mass is 16.1. The summed E-state index contributed by atoms with van der Waals surface area (Å²) >= 11 is 0. The first-order chi connectivity index (χ1) is 10.8. The Morgan fingerprint density at radius 1 is 0.636 bits per heavy atom. The summed E-state index contributed by atoms with van der Waals surface area (Å²) in [5, 5.41) is 0. The Bertz CT molecular complexity index is 547. The van der Waals surface area contributed by atoms with E-state index in [2.05, 4.69) is 0 Å². The molecule has 0 spiro atoms. The second-order valence-electron chi connectivity index (χ2n) is 5.25. The highest BCUT2D eigenvalue weighted by molar-refractivity contribution is 5.63. The van der Waals surface area contributed by atoms with Crippen molar-refractivity contribution >= 4 is 12.6 Å². The van der Waals surface area contributed by atoms with E-state index in [1.165, 1.54) is 0 Å². The maximum absolute atomic E-state index is 11.2. The van der Waals surface area contributed by atoms with Crippen LogP contribution in [0.15, 0.2) is 72.8 Å². The Labute approximate surface area is 131 Å². The Morgan fingerprint density at radius 2 is 1.00 bits per heavy atom. The summed E-state index contributed by atoms with van der Waals surface area (Å²) < 4.78 is 0. The molecule has 22 heavy (non-hydrogen) atoms. The van der Waals surface area contributed by atoms with E-state index in [4.69, 9.17) is 0 Å². The lowest BCUT2D eigenvalue weighted by Gasteiger charge is -2.09. The van der Waals surface area contributed by atoms with Crippen LogP contribution in [0.5, 0.6) is 0 Å². The first-order valence-corrected chi connectivity index (χ1v) is 7.50. The zero-order valence-electron chi connectivity index (χ0n) is 12.5. The SMILES string of the molecule is O=CC(C/C=C/CC(C=O)c1ccccc1)c1ccccc1. The highest BCUT2D eigenvalue weighted by Crippen LogP contribution is 2.20. The van der Waals surface area contributed by atoms with Crippen LogP contribution in [0.2, 0.25) is 0 Å². The molecule has 2 rings (SSSR count). The predicted molar refractivity (Wildman–Crippen MR) is 88.9 cm³/mol. The fraction of sp³-hybridized carbons (Fsp3) is 0.200. The molecule has 2 nitrogen and oxygen atoms in total. The number of hydrogen-bond acceptors (Lipinski definition) is 2. The first-order valence-electron chi connectivity index (χ1n) is 7.50. The minimum Gasteiger partial charge on any atom is -0.303 e. The molecule has 2 atom stereocenters. The number of aldehydes is 2. The molecule has 0 aromatic heterocycles. The van der Waals surface area contributed by atoms with Crippen LogP contribution in [0.3, 0.4) is 0 Å². The van der Waals surface area contributed by atoms with Gasteiger partial charge in [-0.1, -0.05) is 72.8 Å². The van der Waals surface area contributed by atoms with Gasteiger partial charge in [0.05, 0.1) is 0 Å². The van der Waals surface area contributed by atoms with Crippen molar-refractivity contribution in [2.45, 2.75) is 24.7 Å². The smallest absolute Gasteiger partial charge is 0.127 e. The van der Waals surface area contributed by atoms with E-state index >= 15 is 0 Å². The van der Waals surface area contributed by atoms with Gasteiger partial charge < -0.3 is 9.59 Å². The van der Waals surface area contributed by atoms with Gasteiger partial charge in [0.25, 0.3) is 0 Å². The van der Waals surface area contributed by atoms with Crippen LogP contribution in [0, 0.1) is 0 Å². The zero-order valence-corrected chi connectivity index (χ0v) is 12.5. The van der Waals surface area contributed by atoms with Gasteiger partial charge in [0.2, 0.25) is 0 Å². The molecule has 0 heterocycles. The molecular formula is C20H20O2. The van der Waals surface area contributed by atoms with Gasteiger partial charge in [0, 0.05) is 11.8 Å². The first kappa shape index (κ1) is 15.9. The summed E-state index contributed by atoms with van der Waals surface area (Å²) in [4.78, 5) is 22.4. The third-order valence-corrected chi connectivity index (χ3v) is 3.73. The standard InChI is InChI=1S/C20H20O2/c21-15-19(17-9-3-1-4-10-17)13-7-8-14-20(16-22)18-11-5-2-6-12-18/h1-12,15-16,19-20H,13-14H2/b8-7+. The fourth-order valence-corrected chi connectivity index (χ4v) is 2.43. The van der Waals surface area contributed by atoms with E-state index in [0.29, 0.717) is 12.8 Å². The van der Waals surface area contributed by atoms with E-state index in [1.54, 1.807) is 0 Å².